The summed E-state index contributed by atoms with van der Waals surface area (Å²) >= 11 is 1.41. The van der Waals surface area contributed by atoms with Crippen LogP contribution in [0.15, 0.2) is 53.9 Å². The molecule has 1 N–H and O–H groups in total. The molecular formula is C21H21FN2O2S. The van der Waals surface area contributed by atoms with E-state index < -0.39 is 0 Å². The van der Waals surface area contributed by atoms with Gasteiger partial charge < -0.3 is 10.1 Å². The van der Waals surface area contributed by atoms with Crippen molar-refractivity contribution in [2.24, 2.45) is 5.92 Å². The van der Waals surface area contributed by atoms with Crippen molar-refractivity contribution in [3.63, 3.8) is 0 Å². The molecule has 1 heterocycles. The van der Waals surface area contributed by atoms with Crippen molar-refractivity contribution in [3.8, 4) is 16.3 Å². The van der Waals surface area contributed by atoms with Crippen LogP contribution in [0.5, 0.6) is 5.75 Å². The Morgan fingerprint density at radius 2 is 2.04 bits per heavy atom. The van der Waals surface area contributed by atoms with Crippen LogP contribution < -0.4 is 10.1 Å². The minimum absolute atomic E-state index is 0.162. The molecule has 0 aliphatic rings. The lowest BCUT2D eigenvalue weighted by Gasteiger charge is -2.07. The molecule has 0 saturated heterocycles. The number of hydrogen-bond acceptors (Lipinski definition) is 4. The topological polar surface area (TPSA) is 51.2 Å². The summed E-state index contributed by atoms with van der Waals surface area (Å²) in [5.74, 6) is 0.609. The van der Waals surface area contributed by atoms with E-state index in [2.05, 4.69) is 10.3 Å². The molecule has 0 bridgehead atoms. The summed E-state index contributed by atoms with van der Waals surface area (Å²) in [6.45, 7) is 4.99. The molecule has 3 rings (SSSR count). The minimum atomic E-state index is -0.282. The summed E-state index contributed by atoms with van der Waals surface area (Å²) in [6.07, 6.45) is 0. The number of carbonyl (C=O) groups excluding carboxylic acids is 1. The van der Waals surface area contributed by atoms with Crippen molar-refractivity contribution in [2.75, 3.05) is 6.54 Å². The number of amides is 1. The summed E-state index contributed by atoms with van der Waals surface area (Å²) < 4.78 is 19.0. The van der Waals surface area contributed by atoms with Gasteiger partial charge in [0.05, 0.1) is 0 Å². The van der Waals surface area contributed by atoms with Crippen LogP contribution in [-0.4, -0.2) is 17.4 Å². The molecule has 0 atom stereocenters. The van der Waals surface area contributed by atoms with Gasteiger partial charge in [-0.05, 0) is 35.7 Å². The van der Waals surface area contributed by atoms with Gasteiger partial charge in [0.15, 0.2) is 0 Å². The van der Waals surface area contributed by atoms with Crippen LogP contribution in [0.3, 0.4) is 0 Å². The lowest BCUT2D eigenvalue weighted by molar-refractivity contribution is 0.0945. The van der Waals surface area contributed by atoms with E-state index in [9.17, 15) is 9.18 Å². The molecule has 0 fully saturated rings. The summed E-state index contributed by atoms with van der Waals surface area (Å²) in [4.78, 5) is 16.6. The molecule has 0 aliphatic carbocycles. The zero-order valence-corrected chi connectivity index (χ0v) is 16.1. The molecule has 27 heavy (non-hydrogen) atoms. The van der Waals surface area contributed by atoms with Gasteiger partial charge in [-0.1, -0.05) is 38.1 Å². The van der Waals surface area contributed by atoms with Gasteiger partial charge in [-0.3, -0.25) is 4.79 Å². The first-order valence-corrected chi connectivity index (χ1v) is 9.60. The standard InChI is InChI=1S/C21H21FN2O2S/c1-14(2)11-23-20(25)19-13-27-21(24-19)16-6-4-8-18(10-16)26-12-15-5-3-7-17(22)9-15/h3-10,13-14H,11-12H2,1-2H3,(H,23,25). The second-order valence-electron chi connectivity index (χ2n) is 6.59. The van der Waals surface area contributed by atoms with E-state index in [1.807, 2.05) is 44.2 Å². The van der Waals surface area contributed by atoms with Gasteiger partial charge in [0.1, 0.15) is 28.9 Å². The molecule has 1 aromatic heterocycles. The number of aromatic nitrogens is 1. The third kappa shape index (κ3) is 5.37. The Balaban J connectivity index is 1.67. The minimum Gasteiger partial charge on any atom is -0.489 e. The maximum atomic E-state index is 13.2. The van der Waals surface area contributed by atoms with E-state index in [1.165, 1.54) is 23.5 Å². The van der Waals surface area contributed by atoms with E-state index >= 15 is 0 Å². The van der Waals surface area contributed by atoms with Crippen LogP contribution in [0, 0.1) is 11.7 Å². The Bertz CT molecular complexity index is 924. The highest BCUT2D eigenvalue weighted by Crippen LogP contribution is 2.27. The van der Waals surface area contributed by atoms with Crippen molar-refractivity contribution < 1.29 is 13.9 Å². The van der Waals surface area contributed by atoms with E-state index in [1.54, 1.807) is 11.4 Å². The number of halogens is 1. The second-order valence-corrected chi connectivity index (χ2v) is 7.45. The summed E-state index contributed by atoms with van der Waals surface area (Å²) in [6, 6.07) is 13.8. The van der Waals surface area contributed by atoms with Crippen LogP contribution in [0.1, 0.15) is 29.9 Å². The van der Waals surface area contributed by atoms with Crippen LogP contribution in [0.4, 0.5) is 4.39 Å². The number of rotatable bonds is 7. The zero-order valence-electron chi connectivity index (χ0n) is 15.2. The average Bonchev–Trinajstić information content (AvgIpc) is 3.15. The van der Waals surface area contributed by atoms with Gasteiger partial charge in [0, 0.05) is 17.5 Å². The quantitative estimate of drug-likeness (QED) is 0.629. The van der Waals surface area contributed by atoms with Crippen molar-refractivity contribution in [3.05, 3.63) is 71.0 Å². The van der Waals surface area contributed by atoms with E-state index in [4.69, 9.17) is 4.74 Å². The van der Waals surface area contributed by atoms with Crippen LogP contribution in [0.2, 0.25) is 0 Å². The number of carbonyl (C=O) groups is 1. The SMILES string of the molecule is CC(C)CNC(=O)c1csc(-c2cccc(OCc3cccc(F)c3)c2)n1. The van der Waals surface area contributed by atoms with E-state index in [0.29, 0.717) is 23.9 Å². The Labute approximate surface area is 162 Å². The lowest BCUT2D eigenvalue weighted by atomic mass is 10.2. The number of nitrogens with zero attached hydrogens (tertiary/aromatic N) is 1. The zero-order chi connectivity index (χ0) is 19.2. The van der Waals surface area contributed by atoms with Gasteiger partial charge >= 0.3 is 0 Å². The third-order valence-electron chi connectivity index (χ3n) is 3.78. The second kappa shape index (κ2) is 8.77. The van der Waals surface area contributed by atoms with Crippen molar-refractivity contribution in [2.45, 2.75) is 20.5 Å². The fourth-order valence-corrected chi connectivity index (χ4v) is 3.21. The van der Waals surface area contributed by atoms with Crippen LogP contribution >= 0.6 is 11.3 Å². The average molecular weight is 384 g/mol. The molecule has 140 valence electrons. The summed E-state index contributed by atoms with van der Waals surface area (Å²) in [5.41, 5.74) is 2.06. The van der Waals surface area contributed by atoms with Crippen LogP contribution in [0.25, 0.3) is 10.6 Å². The largest absolute Gasteiger partial charge is 0.489 e. The molecule has 2 aromatic carbocycles. The molecule has 0 unspecified atom stereocenters. The number of benzene rings is 2. The van der Waals surface area contributed by atoms with Gasteiger partial charge in [0.2, 0.25) is 0 Å². The normalized spacial score (nSPS) is 10.8. The fourth-order valence-electron chi connectivity index (χ4n) is 2.41. The number of nitrogens with one attached hydrogen (secondary N) is 1. The molecule has 6 heteroatoms. The van der Waals surface area contributed by atoms with E-state index in [0.717, 1.165) is 16.1 Å². The van der Waals surface area contributed by atoms with Gasteiger partial charge in [-0.25, -0.2) is 9.37 Å². The summed E-state index contributed by atoms with van der Waals surface area (Å²) in [5, 5.41) is 5.37. The highest BCUT2D eigenvalue weighted by molar-refractivity contribution is 7.13. The molecule has 0 spiro atoms. The van der Waals surface area contributed by atoms with Crippen molar-refractivity contribution in [1.82, 2.24) is 10.3 Å². The maximum absolute atomic E-state index is 13.2. The Morgan fingerprint density at radius 1 is 1.22 bits per heavy atom. The molecule has 0 aliphatic heterocycles. The highest BCUT2D eigenvalue weighted by atomic mass is 32.1. The molecule has 4 nitrogen and oxygen atoms in total. The first kappa shape index (κ1) is 19.0. The molecular weight excluding hydrogens is 363 g/mol. The van der Waals surface area contributed by atoms with Crippen molar-refractivity contribution >= 4 is 17.2 Å². The fraction of sp³-hybridized carbons (Fsp3) is 0.238. The highest BCUT2D eigenvalue weighted by Gasteiger charge is 2.12. The summed E-state index contributed by atoms with van der Waals surface area (Å²) in [7, 11) is 0. The molecule has 1 amide bonds. The van der Waals surface area contributed by atoms with Gasteiger partial charge in [0.25, 0.3) is 5.91 Å². The van der Waals surface area contributed by atoms with Gasteiger partial charge in [-0.15, -0.1) is 11.3 Å². The van der Waals surface area contributed by atoms with Crippen LogP contribution in [-0.2, 0) is 6.61 Å². The van der Waals surface area contributed by atoms with Gasteiger partial charge in [-0.2, -0.15) is 0 Å². The number of thiazole rings is 1. The number of ether oxygens (including phenoxy) is 1. The Morgan fingerprint density at radius 3 is 2.81 bits per heavy atom. The molecule has 0 radical (unpaired) electrons. The lowest BCUT2D eigenvalue weighted by Crippen LogP contribution is -2.27. The smallest absolute Gasteiger partial charge is 0.270 e. The molecule has 3 aromatic rings. The van der Waals surface area contributed by atoms with Crippen molar-refractivity contribution in [1.29, 1.82) is 0 Å². The Hall–Kier alpha value is -2.73. The maximum Gasteiger partial charge on any atom is 0.270 e. The molecule has 0 saturated carbocycles. The third-order valence-corrected chi connectivity index (χ3v) is 4.67. The first-order chi connectivity index (χ1) is 13.0. The first-order valence-electron chi connectivity index (χ1n) is 8.72. The monoisotopic (exact) mass is 384 g/mol. The predicted molar refractivity (Wildman–Crippen MR) is 105 cm³/mol. The predicted octanol–water partition coefficient (Wildman–Crippen LogP) is 4.91. The Kier molecular flexibility index (Phi) is 6.19. The van der Waals surface area contributed by atoms with E-state index in [-0.39, 0.29) is 18.3 Å². The number of hydrogen-bond donors (Lipinski definition) is 1.